The summed E-state index contributed by atoms with van der Waals surface area (Å²) in [5.74, 6) is -0.851. The van der Waals surface area contributed by atoms with Crippen LogP contribution in [0.5, 0.6) is 5.75 Å². The number of alkyl halides is 3. The van der Waals surface area contributed by atoms with Gasteiger partial charge in [-0.3, -0.25) is 9.78 Å². The zero-order chi connectivity index (χ0) is 26.7. The predicted molar refractivity (Wildman–Crippen MR) is 129 cm³/mol. The van der Waals surface area contributed by atoms with Crippen LogP contribution in [0.25, 0.3) is 11.3 Å². The Morgan fingerprint density at radius 2 is 1.58 bits per heavy atom. The van der Waals surface area contributed by atoms with Crippen LogP contribution < -0.4 is 4.74 Å². The second-order valence-electron chi connectivity index (χ2n) is 8.94. The number of aromatic nitrogens is 1. The molecule has 0 aliphatic heterocycles. The van der Waals surface area contributed by atoms with Gasteiger partial charge in [-0.15, -0.1) is 0 Å². The fourth-order valence-corrected chi connectivity index (χ4v) is 3.44. The maximum atomic E-state index is 12.9. The number of pyridine rings is 1. The lowest BCUT2D eigenvalue weighted by atomic mass is 10.1. The van der Waals surface area contributed by atoms with E-state index in [1.165, 1.54) is 26.0 Å². The number of rotatable bonds is 8. The summed E-state index contributed by atoms with van der Waals surface area (Å²) in [5, 5.41) is 9.17. The smallest absolute Gasteiger partial charge is 0.416 e. The minimum Gasteiger partial charge on any atom is -0.478 e. The molecule has 0 spiro atoms. The number of likely N-dealkylation sites (N-methyl/N-ethyl adjacent to an activating group) is 1. The SMILES string of the molecule is Cc1nc(-c2ccc(C(F)(F)F)cc2)ccc1C(=O)N(C)CCc1ccc(OC(C)(C)C(=O)O)cc1. The van der Waals surface area contributed by atoms with Gasteiger partial charge >= 0.3 is 12.1 Å². The summed E-state index contributed by atoms with van der Waals surface area (Å²) in [4.78, 5) is 30.1. The van der Waals surface area contributed by atoms with Gasteiger partial charge in [-0.05, 0) is 69.2 Å². The average molecular weight is 501 g/mol. The van der Waals surface area contributed by atoms with Crippen LogP contribution >= 0.6 is 0 Å². The van der Waals surface area contributed by atoms with Crippen LogP contribution in [0.2, 0.25) is 0 Å². The van der Waals surface area contributed by atoms with Crippen molar-refractivity contribution < 1.29 is 32.6 Å². The van der Waals surface area contributed by atoms with E-state index in [9.17, 15) is 27.9 Å². The summed E-state index contributed by atoms with van der Waals surface area (Å²) < 4.78 is 43.9. The molecule has 1 amide bonds. The van der Waals surface area contributed by atoms with Crippen LogP contribution in [0.3, 0.4) is 0 Å². The van der Waals surface area contributed by atoms with Gasteiger partial charge in [0.1, 0.15) is 5.75 Å². The highest BCUT2D eigenvalue weighted by Gasteiger charge is 2.30. The first-order valence-electron chi connectivity index (χ1n) is 11.2. The van der Waals surface area contributed by atoms with Gasteiger partial charge in [0.25, 0.3) is 5.91 Å². The fraction of sp³-hybridized carbons (Fsp3) is 0.296. The van der Waals surface area contributed by atoms with Crippen LogP contribution in [-0.2, 0) is 17.4 Å². The van der Waals surface area contributed by atoms with E-state index in [1.807, 2.05) is 12.1 Å². The number of aryl methyl sites for hydroxylation is 1. The van der Waals surface area contributed by atoms with E-state index in [-0.39, 0.29) is 5.91 Å². The Balaban J connectivity index is 1.63. The molecule has 0 unspecified atom stereocenters. The molecule has 3 aromatic rings. The number of carbonyl (C=O) groups is 2. The van der Waals surface area contributed by atoms with E-state index in [0.717, 1.165) is 17.7 Å². The highest BCUT2D eigenvalue weighted by Crippen LogP contribution is 2.31. The van der Waals surface area contributed by atoms with Crippen LogP contribution in [0.1, 0.15) is 41.0 Å². The Morgan fingerprint density at radius 3 is 2.11 bits per heavy atom. The summed E-state index contributed by atoms with van der Waals surface area (Å²) in [5.41, 5.74) is 0.763. The first-order chi connectivity index (χ1) is 16.8. The number of amides is 1. The molecule has 0 radical (unpaired) electrons. The first-order valence-corrected chi connectivity index (χ1v) is 11.2. The molecule has 0 fully saturated rings. The lowest BCUT2D eigenvalue weighted by molar-refractivity contribution is -0.152. The quantitative estimate of drug-likeness (QED) is 0.434. The van der Waals surface area contributed by atoms with Crippen molar-refractivity contribution in [3.8, 4) is 17.0 Å². The minimum absolute atomic E-state index is 0.220. The molecule has 6 nitrogen and oxygen atoms in total. The van der Waals surface area contributed by atoms with Crippen molar-refractivity contribution in [1.29, 1.82) is 0 Å². The van der Waals surface area contributed by atoms with E-state index >= 15 is 0 Å². The summed E-state index contributed by atoms with van der Waals surface area (Å²) >= 11 is 0. The molecule has 0 saturated carbocycles. The van der Waals surface area contributed by atoms with E-state index in [0.29, 0.717) is 41.2 Å². The van der Waals surface area contributed by atoms with E-state index in [2.05, 4.69) is 4.98 Å². The second kappa shape index (κ2) is 10.4. The molecule has 36 heavy (non-hydrogen) atoms. The molecule has 0 bridgehead atoms. The Kier molecular flexibility index (Phi) is 7.71. The molecule has 0 aliphatic rings. The van der Waals surface area contributed by atoms with Crippen molar-refractivity contribution in [2.24, 2.45) is 0 Å². The molecule has 2 aromatic carbocycles. The molecule has 0 saturated heterocycles. The number of nitrogens with zero attached hydrogens (tertiary/aromatic N) is 2. The molecule has 0 atom stereocenters. The van der Waals surface area contributed by atoms with Gasteiger partial charge in [-0.1, -0.05) is 24.3 Å². The van der Waals surface area contributed by atoms with Crippen LogP contribution in [-0.4, -0.2) is 46.1 Å². The number of ether oxygens (including phenoxy) is 1. The Hall–Kier alpha value is -3.88. The minimum atomic E-state index is -4.41. The standard InChI is InChI=1S/C27H27F3N2O4/c1-17-22(13-14-23(31-17)19-7-9-20(10-8-19)27(28,29)30)24(33)32(4)16-15-18-5-11-21(12-6-18)36-26(2,3)25(34)35/h5-14H,15-16H2,1-4H3,(H,34,35). The highest BCUT2D eigenvalue weighted by molar-refractivity contribution is 5.95. The number of carboxylic acid groups (broad SMARTS) is 1. The molecule has 1 aromatic heterocycles. The van der Waals surface area contributed by atoms with Crippen LogP contribution in [0.15, 0.2) is 60.7 Å². The van der Waals surface area contributed by atoms with E-state index in [4.69, 9.17) is 4.74 Å². The first kappa shape index (κ1) is 26.7. The average Bonchev–Trinajstić information content (AvgIpc) is 2.82. The maximum absolute atomic E-state index is 12.9. The monoisotopic (exact) mass is 500 g/mol. The molecule has 0 aliphatic carbocycles. The molecular weight excluding hydrogens is 473 g/mol. The number of halogens is 3. The molecule has 9 heteroatoms. The van der Waals surface area contributed by atoms with Crippen LogP contribution in [0.4, 0.5) is 13.2 Å². The Morgan fingerprint density at radius 1 is 0.972 bits per heavy atom. The normalized spacial score (nSPS) is 11.8. The summed E-state index contributed by atoms with van der Waals surface area (Å²) in [6.07, 6.45) is -3.84. The van der Waals surface area contributed by atoms with Crippen molar-refractivity contribution >= 4 is 11.9 Å². The largest absolute Gasteiger partial charge is 0.478 e. The fourth-order valence-electron chi connectivity index (χ4n) is 3.44. The van der Waals surface area contributed by atoms with Crippen molar-refractivity contribution in [2.75, 3.05) is 13.6 Å². The second-order valence-corrected chi connectivity index (χ2v) is 8.94. The number of aliphatic carboxylic acids is 1. The Labute approximate surface area is 207 Å². The molecule has 1 N–H and O–H groups in total. The summed E-state index contributed by atoms with van der Waals surface area (Å²) in [6, 6.07) is 15.0. The van der Waals surface area contributed by atoms with Crippen molar-refractivity contribution in [3.05, 3.63) is 83.0 Å². The third-order valence-electron chi connectivity index (χ3n) is 5.72. The molecular formula is C27H27F3N2O4. The van der Waals surface area contributed by atoms with Crippen molar-refractivity contribution in [3.63, 3.8) is 0 Å². The number of carbonyl (C=O) groups excluding carboxylic acids is 1. The molecule has 1 heterocycles. The number of benzene rings is 2. The van der Waals surface area contributed by atoms with Gasteiger partial charge in [-0.2, -0.15) is 13.2 Å². The van der Waals surface area contributed by atoms with Crippen molar-refractivity contribution in [2.45, 2.75) is 39.0 Å². The third kappa shape index (κ3) is 6.41. The molecule has 190 valence electrons. The van der Waals surface area contributed by atoms with Gasteiger partial charge in [0.2, 0.25) is 0 Å². The number of hydrogen-bond acceptors (Lipinski definition) is 4. The van der Waals surface area contributed by atoms with Gasteiger partial charge in [0, 0.05) is 19.2 Å². The highest BCUT2D eigenvalue weighted by atomic mass is 19.4. The van der Waals surface area contributed by atoms with E-state index in [1.54, 1.807) is 43.1 Å². The number of carboxylic acids is 1. The van der Waals surface area contributed by atoms with Crippen LogP contribution in [0, 0.1) is 6.92 Å². The van der Waals surface area contributed by atoms with Crippen molar-refractivity contribution in [1.82, 2.24) is 9.88 Å². The predicted octanol–water partition coefficient (Wildman–Crippen LogP) is 5.63. The van der Waals surface area contributed by atoms with Gasteiger partial charge in [0.05, 0.1) is 22.5 Å². The third-order valence-corrected chi connectivity index (χ3v) is 5.72. The zero-order valence-corrected chi connectivity index (χ0v) is 20.4. The topological polar surface area (TPSA) is 79.7 Å². The van der Waals surface area contributed by atoms with E-state index < -0.39 is 23.3 Å². The zero-order valence-electron chi connectivity index (χ0n) is 20.4. The Bertz CT molecular complexity index is 1240. The summed E-state index contributed by atoms with van der Waals surface area (Å²) in [7, 11) is 1.68. The molecule has 3 rings (SSSR count). The maximum Gasteiger partial charge on any atom is 0.416 e. The number of hydrogen-bond donors (Lipinski definition) is 1. The lowest BCUT2D eigenvalue weighted by Crippen LogP contribution is -2.37. The van der Waals surface area contributed by atoms with Gasteiger partial charge in [-0.25, -0.2) is 4.79 Å². The van der Waals surface area contributed by atoms with Gasteiger partial charge < -0.3 is 14.7 Å². The summed E-state index contributed by atoms with van der Waals surface area (Å²) in [6.45, 7) is 5.05. The lowest BCUT2D eigenvalue weighted by Gasteiger charge is -2.22. The van der Waals surface area contributed by atoms with Gasteiger partial charge in [0.15, 0.2) is 5.60 Å².